The number of nitrogens with one attached hydrogen (secondary N) is 1. The van der Waals surface area contributed by atoms with Gasteiger partial charge in [0.25, 0.3) is 0 Å². The molecule has 16 heavy (non-hydrogen) atoms. The summed E-state index contributed by atoms with van der Waals surface area (Å²) in [5.74, 6) is 1.18. The fraction of sp³-hybridized carbons (Fsp3) is 1.00. The molecule has 0 spiro atoms. The van der Waals surface area contributed by atoms with Gasteiger partial charge in [0.1, 0.15) is 0 Å². The summed E-state index contributed by atoms with van der Waals surface area (Å²) in [6.45, 7) is 8.71. The molecule has 0 amide bonds. The Labute approximate surface area is 99.2 Å². The highest BCUT2D eigenvalue weighted by Gasteiger charge is 2.43. The Morgan fingerprint density at radius 2 is 1.88 bits per heavy atom. The van der Waals surface area contributed by atoms with Gasteiger partial charge in [0.15, 0.2) is 0 Å². The van der Waals surface area contributed by atoms with E-state index in [1.54, 1.807) is 0 Å². The molecule has 2 N–H and O–H groups in total. The van der Waals surface area contributed by atoms with Crippen LogP contribution in [0.15, 0.2) is 0 Å². The van der Waals surface area contributed by atoms with Gasteiger partial charge < -0.3 is 15.3 Å². The van der Waals surface area contributed by atoms with E-state index in [0.29, 0.717) is 11.8 Å². The molecular weight excluding hydrogens is 200 g/mol. The first-order chi connectivity index (χ1) is 7.50. The normalized spacial score (nSPS) is 37.5. The third-order valence-corrected chi connectivity index (χ3v) is 4.40. The summed E-state index contributed by atoms with van der Waals surface area (Å²) >= 11 is 0. The van der Waals surface area contributed by atoms with Gasteiger partial charge >= 0.3 is 0 Å². The number of hydrogen-bond donors (Lipinski definition) is 2. The van der Waals surface area contributed by atoms with Crippen LogP contribution in [0.3, 0.4) is 0 Å². The summed E-state index contributed by atoms with van der Waals surface area (Å²) in [6, 6.07) is 0. The maximum absolute atomic E-state index is 10.5. The Morgan fingerprint density at radius 1 is 1.25 bits per heavy atom. The molecule has 2 unspecified atom stereocenters. The van der Waals surface area contributed by atoms with Crippen molar-refractivity contribution in [3.8, 4) is 0 Å². The second-order valence-electron chi connectivity index (χ2n) is 6.38. The highest BCUT2D eigenvalue weighted by Crippen LogP contribution is 2.38. The first-order valence-corrected chi connectivity index (χ1v) is 6.58. The smallest absolute Gasteiger partial charge is 0.0646 e. The fourth-order valence-electron chi connectivity index (χ4n) is 3.57. The van der Waals surface area contributed by atoms with Crippen molar-refractivity contribution in [2.24, 2.45) is 17.3 Å². The van der Waals surface area contributed by atoms with Gasteiger partial charge in [-0.2, -0.15) is 0 Å². The van der Waals surface area contributed by atoms with Crippen LogP contribution in [0.4, 0.5) is 0 Å². The van der Waals surface area contributed by atoms with Crippen LogP contribution in [0.25, 0.3) is 0 Å². The van der Waals surface area contributed by atoms with Crippen molar-refractivity contribution in [2.75, 3.05) is 33.2 Å². The molecule has 0 saturated carbocycles. The van der Waals surface area contributed by atoms with Gasteiger partial charge in [-0.25, -0.2) is 0 Å². The maximum Gasteiger partial charge on any atom is 0.0646 e. The van der Waals surface area contributed by atoms with Gasteiger partial charge in [0, 0.05) is 24.4 Å². The third kappa shape index (κ3) is 2.41. The SMILES string of the molecule is CN1CC(C2CCNCC2)C(O)C(C)(C)C1. The van der Waals surface area contributed by atoms with Crippen LogP contribution in [0.2, 0.25) is 0 Å². The van der Waals surface area contributed by atoms with Gasteiger partial charge in [-0.15, -0.1) is 0 Å². The average molecular weight is 226 g/mol. The van der Waals surface area contributed by atoms with Gasteiger partial charge in [0.2, 0.25) is 0 Å². The van der Waals surface area contributed by atoms with Crippen LogP contribution in [0.5, 0.6) is 0 Å². The second-order valence-corrected chi connectivity index (χ2v) is 6.38. The molecule has 2 atom stereocenters. The number of aliphatic hydroxyl groups excluding tert-OH is 1. The van der Waals surface area contributed by atoms with Gasteiger partial charge in [-0.1, -0.05) is 13.8 Å². The minimum atomic E-state index is -0.133. The maximum atomic E-state index is 10.5. The van der Waals surface area contributed by atoms with Crippen molar-refractivity contribution in [1.82, 2.24) is 10.2 Å². The molecule has 2 heterocycles. The lowest BCUT2D eigenvalue weighted by Crippen LogP contribution is -2.55. The van der Waals surface area contributed by atoms with E-state index >= 15 is 0 Å². The lowest BCUT2D eigenvalue weighted by Gasteiger charge is -2.48. The van der Waals surface area contributed by atoms with Crippen molar-refractivity contribution in [1.29, 1.82) is 0 Å². The molecule has 0 bridgehead atoms. The number of likely N-dealkylation sites (tertiary alicyclic amines) is 1. The molecule has 0 aromatic heterocycles. The zero-order valence-corrected chi connectivity index (χ0v) is 10.9. The first kappa shape index (κ1) is 12.3. The topological polar surface area (TPSA) is 35.5 Å². The number of aliphatic hydroxyl groups is 1. The van der Waals surface area contributed by atoms with Crippen LogP contribution in [-0.2, 0) is 0 Å². The van der Waals surface area contributed by atoms with Gasteiger partial charge in [0.05, 0.1) is 6.10 Å². The van der Waals surface area contributed by atoms with Crippen LogP contribution in [-0.4, -0.2) is 49.3 Å². The summed E-state index contributed by atoms with van der Waals surface area (Å²) in [5, 5.41) is 13.9. The molecule has 3 nitrogen and oxygen atoms in total. The van der Waals surface area contributed by atoms with Crippen LogP contribution < -0.4 is 5.32 Å². The minimum absolute atomic E-state index is 0.0442. The van der Waals surface area contributed by atoms with Crippen molar-refractivity contribution >= 4 is 0 Å². The van der Waals surface area contributed by atoms with Crippen LogP contribution >= 0.6 is 0 Å². The molecule has 2 rings (SSSR count). The van der Waals surface area contributed by atoms with Gasteiger partial charge in [-0.05, 0) is 38.9 Å². The number of nitrogens with zero attached hydrogens (tertiary/aromatic N) is 1. The van der Waals surface area contributed by atoms with E-state index in [-0.39, 0.29) is 11.5 Å². The van der Waals surface area contributed by atoms with E-state index in [0.717, 1.165) is 26.2 Å². The molecule has 2 aliphatic heterocycles. The molecule has 94 valence electrons. The van der Waals surface area contributed by atoms with Gasteiger partial charge in [-0.3, -0.25) is 0 Å². The molecule has 0 aliphatic carbocycles. The minimum Gasteiger partial charge on any atom is -0.392 e. The van der Waals surface area contributed by atoms with E-state index < -0.39 is 0 Å². The molecule has 0 aromatic rings. The van der Waals surface area contributed by atoms with Crippen molar-refractivity contribution < 1.29 is 5.11 Å². The predicted octanol–water partition coefficient (Wildman–Crippen LogP) is 0.935. The summed E-state index contributed by atoms with van der Waals surface area (Å²) in [4.78, 5) is 2.39. The Balaban J connectivity index is 2.06. The van der Waals surface area contributed by atoms with Crippen LogP contribution in [0, 0.1) is 17.3 Å². The van der Waals surface area contributed by atoms with Crippen molar-refractivity contribution in [2.45, 2.75) is 32.8 Å². The molecule has 0 aromatic carbocycles. The largest absolute Gasteiger partial charge is 0.392 e. The van der Waals surface area contributed by atoms with E-state index in [2.05, 4.69) is 31.1 Å². The average Bonchev–Trinajstić information content (AvgIpc) is 2.24. The predicted molar refractivity (Wildman–Crippen MR) is 66.4 cm³/mol. The Kier molecular flexibility index (Phi) is 3.57. The number of rotatable bonds is 1. The molecule has 2 fully saturated rings. The fourth-order valence-corrected chi connectivity index (χ4v) is 3.57. The monoisotopic (exact) mass is 226 g/mol. The molecule has 2 saturated heterocycles. The molecule has 0 radical (unpaired) electrons. The number of hydrogen-bond acceptors (Lipinski definition) is 3. The van der Waals surface area contributed by atoms with E-state index in [1.165, 1.54) is 12.8 Å². The summed E-state index contributed by atoms with van der Waals surface area (Å²) in [5.41, 5.74) is 0.0442. The highest BCUT2D eigenvalue weighted by atomic mass is 16.3. The second kappa shape index (κ2) is 4.63. The van der Waals surface area contributed by atoms with E-state index in [4.69, 9.17) is 0 Å². The lowest BCUT2D eigenvalue weighted by molar-refractivity contribution is -0.0831. The van der Waals surface area contributed by atoms with E-state index in [1.807, 2.05) is 0 Å². The molecule has 2 aliphatic rings. The summed E-state index contributed by atoms with van der Waals surface area (Å²) in [7, 11) is 2.18. The van der Waals surface area contributed by atoms with E-state index in [9.17, 15) is 5.11 Å². The number of piperidine rings is 2. The standard InChI is InChI=1S/C13H26N2O/c1-13(2)9-15(3)8-11(12(13)16)10-4-6-14-7-5-10/h10-12,14,16H,4-9H2,1-3H3. The van der Waals surface area contributed by atoms with Crippen molar-refractivity contribution in [3.05, 3.63) is 0 Å². The lowest BCUT2D eigenvalue weighted by atomic mass is 9.69. The Morgan fingerprint density at radius 3 is 2.50 bits per heavy atom. The zero-order chi connectivity index (χ0) is 11.8. The highest BCUT2D eigenvalue weighted by molar-refractivity contribution is 4.94. The summed E-state index contributed by atoms with van der Waals surface area (Å²) in [6.07, 6.45) is 2.32. The quantitative estimate of drug-likeness (QED) is 0.698. The molecular formula is C13H26N2O. The van der Waals surface area contributed by atoms with Crippen molar-refractivity contribution in [3.63, 3.8) is 0 Å². The summed E-state index contributed by atoms with van der Waals surface area (Å²) < 4.78 is 0. The zero-order valence-electron chi connectivity index (χ0n) is 10.9. The van der Waals surface area contributed by atoms with Crippen LogP contribution in [0.1, 0.15) is 26.7 Å². The Bertz CT molecular complexity index is 236. The first-order valence-electron chi connectivity index (χ1n) is 6.58. The Hall–Kier alpha value is -0.120. The molecule has 3 heteroatoms. The third-order valence-electron chi connectivity index (χ3n) is 4.40.